The third kappa shape index (κ3) is 5.27. The number of hydrogen-bond donors (Lipinski definition) is 2. The molecule has 0 spiro atoms. The summed E-state index contributed by atoms with van der Waals surface area (Å²) < 4.78 is 0. The van der Waals surface area contributed by atoms with Crippen LogP contribution in [0, 0.1) is 0 Å². The van der Waals surface area contributed by atoms with E-state index in [0.29, 0.717) is 5.92 Å². The summed E-state index contributed by atoms with van der Waals surface area (Å²) in [6.45, 7) is 3.01. The monoisotopic (exact) mass is 460 g/mol. The third-order valence-corrected chi connectivity index (χ3v) is 6.29. The van der Waals surface area contributed by atoms with Crippen LogP contribution in [0.25, 0.3) is 0 Å². The molecule has 2 nitrogen and oxygen atoms in total. The fourth-order valence-electron chi connectivity index (χ4n) is 3.96. The van der Waals surface area contributed by atoms with Crippen molar-refractivity contribution in [3.05, 3.63) is 129 Å². The molecule has 0 fully saturated rings. The molecule has 0 bridgehead atoms. The number of hydrogen-bond acceptors (Lipinski definition) is 2. The lowest BCUT2D eigenvalue weighted by molar-refractivity contribution is 0.805. The smallest absolute Gasteiger partial charge is 0.0577 e. The fourth-order valence-corrected chi connectivity index (χ4v) is 4.21. The molecule has 32 heavy (non-hydrogen) atoms. The molecule has 1 unspecified atom stereocenters. The second-order valence-corrected chi connectivity index (χ2v) is 8.95. The van der Waals surface area contributed by atoms with Gasteiger partial charge in [0.1, 0.15) is 0 Å². The van der Waals surface area contributed by atoms with Crippen LogP contribution in [0.4, 0.5) is 11.4 Å². The van der Waals surface area contributed by atoms with Crippen LogP contribution >= 0.6 is 23.2 Å². The van der Waals surface area contributed by atoms with E-state index < -0.39 is 0 Å². The van der Waals surface area contributed by atoms with E-state index in [-0.39, 0.29) is 5.92 Å². The van der Waals surface area contributed by atoms with Gasteiger partial charge in [-0.1, -0.05) is 90.8 Å². The van der Waals surface area contributed by atoms with E-state index >= 15 is 0 Å². The van der Waals surface area contributed by atoms with Gasteiger partial charge in [0, 0.05) is 22.5 Å². The van der Waals surface area contributed by atoms with E-state index in [4.69, 9.17) is 28.9 Å². The van der Waals surface area contributed by atoms with Crippen molar-refractivity contribution in [2.24, 2.45) is 0 Å². The van der Waals surface area contributed by atoms with Crippen LogP contribution in [-0.4, -0.2) is 6.54 Å². The molecule has 4 aromatic carbocycles. The third-order valence-electron chi connectivity index (χ3n) is 5.78. The van der Waals surface area contributed by atoms with E-state index in [2.05, 4.69) is 72.9 Å². The molecule has 0 amide bonds. The van der Waals surface area contributed by atoms with Crippen LogP contribution < -0.4 is 11.1 Å². The minimum Gasteiger partial charge on any atom is -0.397 e. The Morgan fingerprint density at radius 1 is 0.688 bits per heavy atom. The van der Waals surface area contributed by atoms with Gasteiger partial charge in [-0.25, -0.2) is 0 Å². The van der Waals surface area contributed by atoms with Crippen molar-refractivity contribution in [2.75, 3.05) is 17.6 Å². The Morgan fingerprint density at radius 2 is 1.22 bits per heavy atom. The van der Waals surface area contributed by atoms with Crippen LogP contribution in [0.2, 0.25) is 10.0 Å². The van der Waals surface area contributed by atoms with Crippen molar-refractivity contribution in [3.8, 4) is 0 Å². The molecule has 0 aliphatic heterocycles. The Hall–Kier alpha value is -2.94. The summed E-state index contributed by atoms with van der Waals surface area (Å²) in [6.07, 6.45) is 0. The maximum Gasteiger partial charge on any atom is 0.0577 e. The molecule has 0 saturated heterocycles. The molecule has 4 rings (SSSR count). The molecule has 0 aliphatic rings. The van der Waals surface area contributed by atoms with Gasteiger partial charge in [-0.2, -0.15) is 0 Å². The summed E-state index contributed by atoms with van der Waals surface area (Å²) in [4.78, 5) is 0. The Balaban J connectivity index is 1.65. The highest BCUT2D eigenvalue weighted by Gasteiger charge is 2.18. The van der Waals surface area contributed by atoms with E-state index in [0.717, 1.165) is 44.7 Å². The standard InChI is InChI=1S/C28H26Cl2N2/c1-19(20-5-3-2-4-6-20)18-32-27-17-23(11-16-26(27)31)28(21-7-12-24(29)13-8-21)22-9-14-25(30)15-10-22/h2-17,19,28,32H,18,31H2,1H3. The Kier molecular flexibility index (Phi) is 7.04. The largest absolute Gasteiger partial charge is 0.397 e. The van der Waals surface area contributed by atoms with Gasteiger partial charge in [-0.05, 0) is 64.6 Å². The number of anilines is 2. The summed E-state index contributed by atoms with van der Waals surface area (Å²) in [6, 6.07) is 32.7. The van der Waals surface area contributed by atoms with E-state index in [1.54, 1.807) is 0 Å². The molecule has 0 aliphatic carbocycles. The Morgan fingerprint density at radius 3 is 1.78 bits per heavy atom. The minimum absolute atomic E-state index is 0.0391. The fraction of sp³-hybridized carbons (Fsp3) is 0.143. The maximum absolute atomic E-state index is 6.33. The maximum atomic E-state index is 6.33. The number of nitrogens with two attached hydrogens (primary N) is 1. The molecule has 4 aromatic rings. The van der Waals surface area contributed by atoms with E-state index in [1.807, 2.05) is 36.4 Å². The average Bonchev–Trinajstić information content (AvgIpc) is 2.82. The summed E-state index contributed by atoms with van der Waals surface area (Å²) >= 11 is 12.3. The van der Waals surface area contributed by atoms with Crippen LogP contribution in [0.5, 0.6) is 0 Å². The van der Waals surface area contributed by atoms with Gasteiger partial charge in [-0.15, -0.1) is 0 Å². The van der Waals surface area contributed by atoms with Crippen molar-refractivity contribution in [1.29, 1.82) is 0 Å². The highest BCUT2D eigenvalue weighted by Crippen LogP contribution is 2.36. The van der Waals surface area contributed by atoms with Gasteiger partial charge in [0.25, 0.3) is 0 Å². The lowest BCUT2D eigenvalue weighted by Gasteiger charge is -2.22. The number of halogens is 2. The minimum atomic E-state index is 0.0391. The second kappa shape index (κ2) is 10.1. The summed E-state index contributed by atoms with van der Waals surface area (Å²) in [5, 5.41) is 5.00. The molecule has 162 valence electrons. The van der Waals surface area contributed by atoms with E-state index in [1.165, 1.54) is 5.56 Å². The molecular weight excluding hydrogens is 435 g/mol. The Labute approximate surface area is 200 Å². The van der Waals surface area contributed by atoms with Crippen molar-refractivity contribution in [2.45, 2.75) is 18.8 Å². The predicted octanol–water partition coefficient (Wildman–Crippen LogP) is 7.97. The molecule has 4 heteroatoms. The first-order valence-corrected chi connectivity index (χ1v) is 11.5. The van der Waals surface area contributed by atoms with Crippen molar-refractivity contribution < 1.29 is 0 Å². The first kappa shape index (κ1) is 22.3. The highest BCUT2D eigenvalue weighted by atomic mass is 35.5. The van der Waals surface area contributed by atoms with Gasteiger partial charge in [0.05, 0.1) is 11.4 Å². The number of nitrogens with one attached hydrogen (secondary N) is 1. The van der Waals surface area contributed by atoms with Gasteiger partial charge in [0.2, 0.25) is 0 Å². The first-order valence-electron chi connectivity index (χ1n) is 10.7. The van der Waals surface area contributed by atoms with Gasteiger partial charge in [0.15, 0.2) is 0 Å². The summed E-state index contributed by atoms with van der Waals surface area (Å²) in [5.41, 5.74) is 12.8. The quantitative estimate of drug-likeness (QED) is 0.216. The van der Waals surface area contributed by atoms with Crippen LogP contribution in [-0.2, 0) is 0 Å². The summed E-state index contributed by atoms with van der Waals surface area (Å²) in [7, 11) is 0. The zero-order valence-electron chi connectivity index (χ0n) is 17.9. The first-order chi connectivity index (χ1) is 15.5. The molecule has 0 aromatic heterocycles. The number of benzene rings is 4. The molecule has 3 N–H and O–H groups in total. The van der Waals surface area contributed by atoms with Crippen molar-refractivity contribution >= 4 is 34.6 Å². The molecule has 1 atom stereocenters. The van der Waals surface area contributed by atoms with Crippen LogP contribution in [0.1, 0.15) is 41.0 Å². The van der Waals surface area contributed by atoms with Crippen molar-refractivity contribution in [3.63, 3.8) is 0 Å². The molecule has 0 heterocycles. The topological polar surface area (TPSA) is 38.0 Å². The van der Waals surface area contributed by atoms with Crippen LogP contribution in [0.3, 0.4) is 0 Å². The lowest BCUT2D eigenvalue weighted by atomic mass is 9.85. The van der Waals surface area contributed by atoms with Crippen molar-refractivity contribution in [1.82, 2.24) is 0 Å². The highest BCUT2D eigenvalue weighted by molar-refractivity contribution is 6.30. The second-order valence-electron chi connectivity index (χ2n) is 8.08. The average molecular weight is 461 g/mol. The lowest BCUT2D eigenvalue weighted by Crippen LogP contribution is -2.12. The van der Waals surface area contributed by atoms with Crippen LogP contribution in [0.15, 0.2) is 97.1 Å². The number of rotatable bonds is 7. The Bertz CT molecular complexity index is 1110. The SMILES string of the molecule is CC(CNc1cc(C(c2ccc(Cl)cc2)c2ccc(Cl)cc2)ccc1N)c1ccccc1. The molecule has 0 saturated carbocycles. The molecule has 0 radical (unpaired) electrons. The molecular formula is C28H26Cl2N2. The zero-order chi connectivity index (χ0) is 22.5. The normalized spacial score (nSPS) is 12.0. The van der Waals surface area contributed by atoms with Gasteiger partial charge >= 0.3 is 0 Å². The van der Waals surface area contributed by atoms with Gasteiger partial charge < -0.3 is 11.1 Å². The number of nitrogen functional groups attached to an aromatic ring is 1. The van der Waals surface area contributed by atoms with Gasteiger partial charge in [-0.3, -0.25) is 0 Å². The van der Waals surface area contributed by atoms with E-state index in [9.17, 15) is 0 Å². The summed E-state index contributed by atoms with van der Waals surface area (Å²) in [5.74, 6) is 0.403. The predicted molar refractivity (Wildman–Crippen MR) is 138 cm³/mol. The zero-order valence-corrected chi connectivity index (χ0v) is 19.4.